The van der Waals surface area contributed by atoms with E-state index < -0.39 is 29.4 Å². The van der Waals surface area contributed by atoms with Crippen molar-refractivity contribution in [1.82, 2.24) is 15.1 Å². The molecule has 1 heterocycles. The summed E-state index contributed by atoms with van der Waals surface area (Å²) < 4.78 is 40.7. The topological polar surface area (TPSA) is 46.9 Å². The van der Waals surface area contributed by atoms with Gasteiger partial charge in [0.05, 0.1) is 17.8 Å². The number of nitrogens with one attached hydrogen (secondary N) is 1. The summed E-state index contributed by atoms with van der Waals surface area (Å²) in [4.78, 5) is 12.4. The highest BCUT2D eigenvalue weighted by Crippen LogP contribution is 2.32. The molecule has 1 atom stereocenters. The zero-order valence-electron chi connectivity index (χ0n) is 15.5. The lowest BCUT2D eigenvalue weighted by molar-refractivity contribution is -0.144. The van der Waals surface area contributed by atoms with Crippen molar-refractivity contribution in [2.24, 2.45) is 0 Å². The van der Waals surface area contributed by atoms with Crippen LogP contribution >= 0.6 is 0 Å². The summed E-state index contributed by atoms with van der Waals surface area (Å²) in [7, 11) is 0. The summed E-state index contributed by atoms with van der Waals surface area (Å²) in [5, 5.41) is 6.31. The standard InChI is InChI=1S/C21H20F3N3O/c1-3-27-19(21(22,23)24)18(13-25-27)20(28)26-14(2)15-9-11-17(12-10-15)16-7-5-4-6-8-16/h4-14H,3H2,1-2H3,(H,26,28)/t14-/m0/s1. The highest BCUT2D eigenvalue weighted by Gasteiger charge is 2.39. The van der Waals surface area contributed by atoms with E-state index in [0.29, 0.717) is 0 Å². The summed E-state index contributed by atoms with van der Waals surface area (Å²) in [6.07, 6.45) is -3.69. The van der Waals surface area contributed by atoms with Crippen LogP contribution in [0.2, 0.25) is 0 Å². The maximum Gasteiger partial charge on any atom is 0.433 e. The summed E-state index contributed by atoms with van der Waals surface area (Å²) >= 11 is 0. The van der Waals surface area contributed by atoms with E-state index in [1.54, 1.807) is 13.8 Å². The molecule has 0 saturated heterocycles. The number of carbonyl (C=O) groups excluding carboxylic acids is 1. The van der Waals surface area contributed by atoms with Crippen LogP contribution in [-0.4, -0.2) is 15.7 Å². The van der Waals surface area contributed by atoms with Crippen LogP contribution in [-0.2, 0) is 12.7 Å². The number of nitrogens with zero attached hydrogens (tertiary/aromatic N) is 2. The zero-order chi connectivity index (χ0) is 20.3. The van der Waals surface area contributed by atoms with Crippen molar-refractivity contribution in [2.75, 3.05) is 0 Å². The number of hydrogen-bond acceptors (Lipinski definition) is 2. The molecule has 2 aromatic carbocycles. The Morgan fingerprint density at radius 2 is 1.68 bits per heavy atom. The predicted molar refractivity (Wildman–Crippen MR) is 101 cm³/mol. The van der Waals surface area contributed by atoms with Gasteiger partial charge in [0, 0.05) is 6.54 Å². The van der Waals surface area contributed by atoms with Crippen molar-refractivity contribution in [3.8, 4) is 11.1 Å². The van der Waals surface area contributed by atoms with Crippen LogP contribution < -0.4 is 5.32 Å². The van der Waals surface area contributed by atoms with E-state index in [-0.39, 0.29) is 6.54 Å². The molecule has 0 spiro atoms. The van der Waals surface area contributed by atoms with Gasteiger partial charge in [-0.15, -0.1) is 0 Å². The Balaban J connectivity index is 1.77. The lowest BCUT2D eigenvalue weighted by Crippen LogP contribution is -2.29. The third-order valence-corrected chi connectivity index (χ3v) is 4.52. The van der Waals surface area contributed by atoms with E-state index in [4.69, 9.17) is 0 Å². The molecule has 1 N–H and O–H groups in total. The number of aryl methyl sites for hydroxylation is 1. The van der Waals surface area contributed by atoms with Gasteiger partial charge in [-0.3, -0.25) is 9.48 Å². The van der Waals surface area contributed by atoms with Crippen molar-refractivity contribution in [1.29, 1.82) is 0 Å². The fourth-order valence-corrected chi connectivity index (χ4v) is 3.04. The van der Waals surface area contributed by atoms with Gasteiger partial charge in [0.15, 0.2) is 5.69 Å². The van der Waals surface area contributed by atoms with Gasteiger partial charge >= 0.3 is 6.18 Å². The molecular formula is C21H20F3N3O. The molecule has 146 valence electrons. The molecule has 0 aliphatic carbocycles. The average molecular weight is 387 g/mol. The average Bonchev–Trinajstić information content (AvgIpc) is 3.14. The van der Waals surface area contributed by atoms with E-state index in [9.17, 15) is 18.0 Å². The molecule has 0 bridgehead atoms. The van der Waals surface area contributed by atoms with Gasteiger partial charge in [-0.2, -0.15) is 18.3 Å². The number of aromatic nitrogens is 2. The molecule has 3 aromatic rings. The van der Waals surface area contributed by atoms with Gasteiger partial charge in [-0.05, 0) is 30.5 Å². The van der Waals surface area contributed by atoms with Crippen LogP contribution in [0, 0.1) is 0 Å². The number of halogens is 3. The third kappa shape index (κ3) is 4.08. The monoisotopic (exact) mass is 387 g/mol. The highest BCUT2D eigenvalue weighted by molar-refractivity contribution is 5.95. The second-order valence-corrected chi connectivity index (χ2v) is 6.40. The summed E-state index contributed by atoms with van der Waals surface area (Å²) in [6, 6.07) is 16.9. The molecule has 0 radical (unpaired) electrons. The number of amides is 1. The minimum atomic E-state index is -4.65. The Bertz CT molecular complexity index is 947. The SMILES string of the molecule is CCn1ncc(C(=O)N[C@@H](C)c2ccc(-c3ccccc3)cc2)c1C(F)(F)F. The first-order valence-corrected chi connectivity index (χ1v) is 8.90. The molecule has 0 unspecified atom stereocenters. The first kappa shape index (κ1) is 19.7. The second-order valence-electron chi connectivity index (χ2n) is 6.40. The molecule has 4 nitrogen and oxygen atoms in total. The van der Waals surface area contributed by atoms with Crippen molar-refractivity contribution < 1.29 is 18.0 Å². The van der Waals surface area contributed by atoms with Gasteiger partial charge < -0.3 is 5.32 Å². The third-order valence-electron chi connectivity index (χ3n) is 4.52. The largest absolute Gasteiger partial charge is 0.433 e. The van der Waals surface area contributed by atoms with Crippen LogP contribution in [0.25, 0.3) is 11.1 Å². The second kappa shape index (κ2) is 7.88. The lowest BCUT2D eigenvalue weighted by atomic mass is 10.0. The highest BCUT2D eigenvalue weighted by atomic mass is 19.4. The normalized spacial score (nSPS) is 12.6. The lowest BCUT2D eigenvalue weighted by Gasteiger charge is -2.16. The minimum Gasteiger partial charge on any atom is -0.345 e. The molecule has 1 aromatic heterocycles. The van der Waals surface area contributed by atoms with Crippen LogP contribution in [0.1, 0.15) is 41.5 Å². The number of hydrogen-bond donors (Lipinski definition) is 1. The fourth-order valence-electron chi connectivity index (χ4n) is 3.04. The van der Waals surface area contributed by atoms with Gasteiger partial charge in [-0.25, -0.2) is 0 Å². The van der Waals surface area contributed by atoms with Crippen LogP contribution in [0.5, 0.6) is 0 Å². The Kier molecular flexibility index (Phi) is 5.53. The van der Waals surface area contributed by atoms with E-state index in [1.807, 2.05) is 54.6 Å². The van der Waals surface area contributed by atoms with Gasteiger partial charge in [0.2, 0.25) is 0 Å². The summed E-state index contributed by atoms with van der Waals surface area (Å²) in [6.45, 7) is 3.30. The van der Waals surface area contributed by atoms with Crippen molar-refractivity contribution >= 4 is 5.91 Å². The Labute approximate surface area is 161 Å². The van der Waals surface area contributed by atoms with Crippen molar-refractivity contribution in [3.05, 3.63) is 77.6 Å². The van der Waals surface area contributed by atoms with Gasteiger partial charge in [0.1, 0.15) is 0 Å². The quantitative estimate of drug-likeness (QED) is 0.664. The molecule has 7 heteroatoms. The van der Waals surface area contributed by atoms with E-state index >= 15 is 0 Å². The summed E-state index contributed by atoms with van der Waals surface area (Å²) in [5.74, 6) is -0.799. The Morgan fingerprint density at radius 3 is 2.25 bits per heavy atom. The van der Waals surface area contributed by atoms with Crippen LogP contribution in [0.15, 0.2) is 60.8 Å². The molecule has 0 saturated carbocycles. The molecule has 3 rings (SSSR count). The molecular weight excluding hydrogens is 367 g/mol. The van der Waals surface area contributed by atoms with Crippen molar-refractivity contribution in [3.63, 3.8) is 0 Å². The maximum atomic E-state index is 13.3. The van der Waals surface area contributed by atoms with Crippen molar-refractivity contribution in [2.45, 2.75) is 32.6 Å². The first-order chi connectivity index (χ1) is 13.3. The number of carbonyl (C=O) groups is 1. The van der Waals surface area contributed by atoms with Crippen LogP contribution in [0.4, 0.5) is 13.2 Å². The smallest absolute Gasteiger partial charge is 0.345 e. The molecule has 28 heavy (non-hydrogen) atoms. The molecule has 0 fully saturated rings. The maximum absolute atomic E-state index is 13.3. The number of rotatable bonds is 5. The van der Waals surface area contributed by atoms with Gasteiger partial charge in [0.25, 0.3) is 5.91 Å². The predicted octanol–water partition coefficient (Wildman–Crippen LogP) is 5.08. The molecule has 1 amide bonds. The van der Waals surface area contributed by atoms with Gasteiger partial charge in [-0.1, -0.05) is 54.6 Å². The minimum absolute atomic E-state index is 0.0264. The summed E-state index contributed by atoms with van der Waals surface area (Å²) in [5.41, 5.74) is 1.38. The first-order valence-electron chi connectivity index (χ1n) is 8.90. The Hall–Kier alpha value is -3.09. The van der Waals surface area contributed by atoms with E-state index in [1.165, 1.54) is 0 Å². The number of alkyl halides is 3. The molecule has 0 aliphatic heterocycles. The molecule has 0 aliphatic rings. The number of benzene rings is 2. The van der Waals surface area contributed by atoms with E-state index in [0.717, 1.165) is 27.6 Å². The zero-order valence-corrected chi connectivity index (χ0v) is 15.5. The van der Waals surface area contributed by atoms with E-state index in [2.05, 4.69) is 10.4 Å². The van der Waals surface area contributed by atoms with Crippen LogP contribution in [0.3, 0.4) is 0 Å². The fraction of sp³-hybridized carbons (Fsp3) is 0.238. The Morgan fingerprint density at radius 1 is 1.07 bits per heavy atom.